The predicted molar refractivity (Wildman–Crippen MR) is 90.7 cm³/mol. The molecule has 1 aliphatic carbocycles. The number of halogens is 3. The van der Waals surface area contributed by atoms with Gasteiger partial charge in [0.2, 0.25) is 5.91 Å². The predicted octanol–water partition coefficient (Wildman–Crippen LogP) is 4.11. The summed E-state index contributed by atoms with van der Waals surface area (Å²) < 4.78 is 40.4. The quantitative estimate of drug-likeness (QED) is 0.835. The van der Waals surface area contributed by atoms with Crippen LogP contribution in [0.25, 0.3) is 5.69 Å². The maximum atomic E-state index is 13.3. The summed E-state index contributed by atoms with van der Waals surface area (Å²) >= 11 is 0. The molecular weight excluding hydrogens is 363 g/mol. The Kier molecular flexibility index (Phi) is 4.71. The highest BCUT2D eigenvalue weighted by atomic mass is 19.4. The molecule has 1 aromatic carbocycles. The van der Waals surface area contributed by atoms with Crippen molar-refractivity contribution in [2.24, 2.45) is 5.41 Å². The fraction of sp³-hybridized carbons (Fsp3) is 0.389. The molecule has 2 N–H and O–H groups in total. The second-order valence-electron chi connectivity index (χ2n) is 6.89. The van der Waals surface area contributed by atoms with Gasteiger partial charge >= 0.3 is 12.1 Å². The molecule has 144 valence electrons. The van der Waals surface area contributed by atoms with Crippen molar-refractivity contribution < 1.29 is 27.9 Å². The Balaban J connectivity index is 1.86. The Morgan fingerprint density at radius 2 is 1.78 bits per heavy atom. The van der Waals surface area contributed by atoms with Gasteiger partial charge in [-0.3, -0.25) is 4.79 Å². The van der Waals surface area contributed by atoms with Crippen LogP contribution in [0.15, 0.2) is 30.5 Å². The first-order valence-corrected chi connectivity index (χ1v) is 8.42. The number of carbonyl (C=O) groups excluding carboxylic acids is 1. The van der Waals surface area contributed by atoms with Crippen LogP contribution in [-0.2, 0) is 11.0 Å². The molecule has 9 heteroatoms. The summed E-state index contributed by atoms with van der Waals surface area (Å²) in [7, 11) is 0. The summed E-state index contributed by atoms with van der Waals surface area (Å²) in [6, 6.07) is 5.63. The number of rotatable bonds is 4. The number of anilines is 1. The lowest BCUT2D eigenvalue weighted by Gasteiger charge is -2.22. The summed E-state index contributed by atoms with van der Waals surface area (Å²) in [5, 5.41) is 15.3. The number of hydrogen-bond acceptors (Lipinski definition) is 3. The third-order valence-corrected chi connectivity index (χ3v) is 4.89. The first-order valence-electron chi connectivity index (χ1n) is 8.42. The second-order valence-corrected chi connectivity index (χ2v) is 6.89. The van der Waals surface area contributed by atoms with Crippen molar-refractivity contribution in [2.75, 3.05) is 5.32 Å². The lowest BCUT2D eigenvalue weighted by Crippen LogP contribution is -2.30. The molecule has 1 heterocycles. The minimum absolute atomic E-state index is 0.0416. The molecule has 3 rings (SSSR count). The Morgan fingerprint density at radius 1 is 1.19 bits per heavy atom. The van der Waals surface area contributed by atoms with E-state index >= 15 is 0 Å². The molecule has 6 nitrogen and oxygen atoms in total. The van der Waals surface area contributed by atoms with Gasteiger partial charge in [0, 0.05) is 11.1 Å². The highest BCUT2D eigenvalue weighted by molar-refractivity contribution is 5.95. The largest absolute Gasteiger partial charge is 0.478 e. The van der Waals surface area contributed by atoms with Crippen LogP contribution in [-0.4, -0.2) is 26.8 Å². The number of aromatic carboxylic acids is 1. The van der Waals surface area contributed by atoms with Gasteiger partial charge in [-0.1, -0.05) is 19.8 Å². The Hall–Kier alpha value is -2.84. The molecule has 2 aromatic rings. The number of aromatic nitrogens is 2. The van der Waals surface area contributed by atoms with Crippen LogP contribution in [0.5, 0.6) is 0 Å². The first kappa shape index (κ1) is 18.9. The molecule has 0 atom stereocenters. The zero-order chi connectivity index (χ0) is 19.8. The monoisotopic (exact) mass is 381 g/mol. The Labute approximate surface area is 153 Å². The number of alkyl halides is 3. The standard InChI is InChI=1S/C18H18F3N3O3/c1-17(8-2-3-9-17)16(27)23-11-4-6-12(7-5-11)24-14(18(19,20)21)13(10-22-24)15(25)26/h4-7,10H,2-3,8-9H2,1H3,(H,23,27)(H,25,26). The number of nitrogens with zero attached hydrogens (tertiary/aromatic N) is 2. The molecule has 1 aliphatic rings. The van der Waals surface area contributed by atoms with Crippen molar-refractivity contribution in [3.05, 3.63) is 41.7 Å². The molecule has 1 aromatic heterocycles. The van der Waals surface area contributed by atoms with Gasteiger partial charge < -0.3 is 10.4 Å². The van der Waals surface area contributed by atoms with Crippen LogP contribution in [0.3, 0.4) is 0 Å². The molecule has 0 bridgehead atoms. The number of carbonyl (C=O) groups is 2. The van der Waals surface area contributed by atoms with Gasteiger partial charge in [0.1, 0.15) is 5.56 Å². The van der Waals surface area contributed by atoms with Gasteiger partial charge in [-0.15, -0.1) is 0 Å². The van der Waals surface area contributed by atoms with Crippen molar-refractivity contribution in [1.29, 1.82) is 0 Å². The van der Waals surface area contributed by atoms with E-state index in [0.717, 1.165) is 25.7 Å². The minimum Gasteiger partial charge on any atom is -0.478 e. The number of nitrogens with one attached hydrogen (secondary N) is 1. The van der Waals surface area contributed by atoms with E-state index in [0.29, 0.717) is 16.6 Å². The van der Waals surface area contributed by atoms with Crippen molar-refractivity contribution in [3.8, 4) is 5.69 Å². The van der Waals surface area contributed by atoms with Crippen molar-refractivity contribution in [1.82, 2.24) is 9.78 Å². The normalized spacial score (nSPS) is 16.3. The van der Waals surface area contributed by atoms with E-state index < -0.39 is 28.8 Å². The Morgan fingerprint density at radius 3 is 2.30 bits per heavy atom. The Bertz CT molecular complexity index is 866. The van der Waals surface area contributed by atoms with Crippen molar-refractivity contribution >= 4 is 17.6 Å². The lowest BCUT2D eigenvalue weighted by atomic mass is 9.88. The zero-order valence-corrected chi connectivity index (χ0v) is 14.5. The fourth-order valence-electron chi connectivity index (χ4n) is 3.32. The van der Waals surface area contributed by atoms with Gasteiger partial charge in [0.05, 0.1) is 11.9 Å². The fourth-order valence-corrected chi connectivity index (χ4v) is 3.32. The van der Waals surface area contributed by atoms with E-state index in [4.69, 9.17) is 5.11 Å². The SMILES string of the molecule is CC1(C(=O)Nc2ccc(-n3ncc(C(=O)O)c3C(F)(F)F)cc2)CCCC1. The number of benzene rings is 1. The molecule has 1 amide bonds. The molecular formula is C18H18F3N3O3. The molecule has 0 saturated heterocycles. The third kappa shape index (κ3) is 3.67. The van der Waals surface area contributed by atoms with E-state index in [2.05, 4.69) is 10.4 Å². The third-order valence-electron chi connectivity index (χ3n) is 4.89. The molecule has 1 saturated carbocycles. The van der Waals surface area contributed by atoms with E-state index in [1.54, 1.807) is 0 Å². The van der Waals surface area contributed by atoms with Crippen LogP contribution in [0, 0.1) is 5.41 Å². The summed E-state index contributed by atoms with van der Waals surface area (Å²) in [5.41, 5.74) is -2.21. The number of hydrogen-bond donors (Lipinski definition) is 2. The molecule has 0 radical (unpaired) electrons. The number of carboxylic acids is 1. The van der Waals surface area contributed by atoms with Crippen LogP contribution < -0.4 is 5.32 Å². The van der Waals surface area contributed by atoms with Crippen LogP contribution in [0.2, 0.25) is 0 Å². The van der Waals surface area contributed by atoms with Crippen molar-refractivity contribution in [2.45, 2.75) is 38.8 Å². The number of amides is 1. The number of carboxylic acid groups (broad SMARTS) is 1. The smallest absolute Gasteiger partial charge is 0.434 e. The van der Waals surface area contributed by atoms with E-state index in [1.807, 2.05) is 6.92 Å². The lowest BCUT2D eigenvalue weighted by molar-refractivity contribution is -0.143. The average Bonchev–Trinajstić information content (AvgIpc) is 3.22. The van der Waals surface area contributed by atoms with Gasteiger partial charge in [0.15, 0.2) is 5.69 Å². The van der Waals surface area contributed by atoms with Crippen LogP contribution in [0.4, 0.5) is 18.9 Å². The average molecular weight is 381 g/mol. The van der Waals surface area contributed by atoms with Crippen molar-refractivity contribution in [3.63, 3.8) is 0 Å². The van der Waals surface area contributed by atoms with Gasteiger partial charge in [-0.25, -0.2) is 9.48 Å². The molecule has 0 unspecified atom stereocenters. The highest BCUT2D eigenvalue weighted by Crippen LogP contribution is 2.38. The summed E-state index contributed by atoms with van der Waals surface area (Å²) in [5.74, 6) is -1.82. The summed E-state index contributed by atoms with van der Waals surface area (Å²) in [6.45, 7) is 1.90. The summed E-state index contributed by atoms with van der Waals surface area (Å²) in [4.78, 5) is 23.5. The van der Waals surface area contributed by atoms with Crippen LogP contribution in [0.1, 0.15) is 48.7 Å². The minimum atomic E-state index is -4.88. The van der Waals surface area contributed by atoms with Gasteiger partial charge in [-0.05, 0) is 37.1 Å². The first-order chi connectivity index (χ1) is 12.6. The zero-order valence-electron chi connectivity index (χ0n) is 14.5. The van der Waals surface area contributed by atoms with Gasteiger partial charge in [-0.2, -0.15) is 18.3 Å². The molecule has 1 fully saturated rings. The topological polar surface area (TPSA) is 84.2 Å². The molecule has 0 spiro atoms. The summed E-state index contributed by atoms with van der Waals surface area (Å²) in [6.07, 6.45) is -0.618. The van der Waals surface area contributed by atoms with Crippen LogP contribution >= 0.6 is 0 Å². The molecule has 0 aliphatic heterocycles. The maximum Gasteiger partial charge on any atom is 0.434 e. The molecule has 27 heavy (non-hydrogen) atoms. The van der Waals surface area contributed by atoms with E-state index in [1.165, 1.54) is 24.3 Å². The highest BCUT2D eigenvalue weighted by Gasteiger charge is 2.40. The van der Waals surface area contributed by atoms with E-state index in [9.17, 15) is 22.8 Å². The van der Waals surface area contributed by atoms with Gasteiger partial charge in [0.25, 0.3) is 0 Å². The van der Waals surface area contributed by atoms with E-state index in [-0.39, 0.29) is 11.6 Å². The maximum absolute atomic E-state index is 13.3. The second kappa shape index (κ2) is 6.71.